The van der Waals surface area contributed by atoms with E-state index >= 15 is 0 Å². The zero-order valence-electron chi connectivity index (χ0n) is 6.91. The standard InChI is InChI=1S/C9H4BrN3O/c10-6-1-5(3-11)2-7-9(6)8(4-14)13-12-7/h1-2,4H,(H,12,13). The van der Waals surface area contributed by atoms with E-state index in [1.807, 2.05) is 6.07 Å². The topological polar surface area (TPSA) is 69.5 Å². The van der Waals surface area contributed by atoms with Crippen molar-refractivity contribution in [1.82, 2.24) is 10.2 Å². The van der Waals surface area contributed by atoms with E-state index in [1.165, 1.54) is 0 Å². The maximum atomic E-state index is 10.6. The minimum Gasteiger partial charge on any atom is -0.296 e. The predicted octanol–water partition coefficient (Wildman–Crippen LogP) is 2.01. The lowest BCUT2D eigenvalue weighted by Crippen LogP contribution is -1.81. The number of H-pyrrole nitrogens is 1. The summed E-state index contributed by atoms with van der Waals surface area (Å²) in [5.41, 5.74) is 1.53. The zero-order chi connectivity index (χ0) is 10.1. The Bertz CT molecular complexity index is 553. The van der Waals surface area contributed by atoms with Crippen molar-refractivity contribution < 1.29 is 4.79 Å². The summed E-state index contributed by atoms with van der Waals surface area (Å²) in [7, 11) is 0. The molecule has 1 heterocycles. The van der Waals surface area contributed by atoms with Crippen LogP contribution in [0.1, 0.15) is 16.1 Å². The second kappa shape index (κ2) is 3.24. The summed E-state index contributed by atoms with van der Waals surface area (Å²) >= 11 is 3.29. The number of aldehydes is 1. The van der Waals surface area contributed by atoms with Gasteiger partial charge in [-0.25, -0.2) is 0 Å². The molecular weight excluding hydrogens is 246 g/mol. The highest BCUT2D eigenvalue weighted by molar-refractivity contribution is 9.10. The van der Waals surface area contributed by atoms with Crippen LogP contribution in [0.3, 0.4) is 0 Å². The number of fused-ring (bicyclic) bond motifs is 1. The Morgan fingerprint density at radius 2 is 2.36 bits per heavy atom. The molecule has 0 atom stereocenters. The fourth-order valence-electron chi connectivity index (χ4n) is 1.27. The molecule has 4 nitrogen and oxygen atoms in total. The molecular formula is C9H4BrN3O. The molecule has 1 aromatic heterocycles. The van der Waals surface area contributed by atoms with Gasteiger partial charge in [0.1, 0.15) is 5.69 Å². The third-order valence-corrected chi connectivity index (χ3v) is 2.51. The van der Waals surface area contributed by atoms with Crippen LogP contribution in [0, 0.1) is 11.3 Å². The number of nitrogens with zero attached hydrogens (tertiary/aromatic N) is 2. The van der Waals surface area contributed by atoms with Gasteiger partial charge in [-0.15, -0.1) is 0 Å². The van der Waals surface area contributed by atoms with E-state index in [1.54, 1.807) is 12.1 Å². The number of nitrogens with one attached hydrogen (secondary N) is 1. The van der Waals surface area contributed by atoms with Crippen LogP contribution >= 0.6 is 15.9 Å². The molecule has 2 aromatic rings. The number of halogens is 1. The molecule has 0 saturated carbocycles. The van der Waals surface area contributed by atoms with Gasteiger partial charge in [0.15, 0.2) is 6.29 Å². The quantitative estimate of drug-likeness (QED) is 0.787. The number of aromatic nitrogens is 2. The fraction of sp³-hybridized carbons (Fsp3) is 0. The number of aromatic amines is 1. The normalized spacial score (nSPS) is 10.0. The summed E-state index contributed by atoms with van der Waals surface area (Å²) in [6, 6.07) is 5.30. The molecule has 0 unspecified atom stereocenters. The summed E-state index contributed by atoms with van der Waals surface area (Å²) in [5.74, 6) is 0. The molecule has 14 heavy (non-hydrogen) atoms. The van der Waals surface area contributed by atoms with E-state index in [0.717, 1.165) is 0 Å². The highest BCUT2D eigenvalue weighted by Gasteiger charge is 2.09. The van der Waals surface area contributed by atoms with E-state index in [9.17, 15) is 4.79 Å². The van der Waals surface area contributed by atoms with E-state index in [4.69, 9.17) is 5.26 Å². The van der Waals surface area contributed by atoms with Gasteiger partial charge >= 0.3 is 0 Å². The van der Waals surface area contributed by atoms with Gasteiger partial charge in [-0.3, -0.25) is 9.89 Å². The van der Waals surface area contributed by atoms with Gasteiger partial charge < -0.3 is 0 Å². The maximum absolute atomic E-state index is 10.6. The SMILES string of the molecule is N#Cc1cc(Br)c2c(C=O)[nH]nc2c1. The highest BCUT2D eigenvalue weighted by atomic mass is 79.9. The van der Waals surface area contributed by atoms with Crippen LogP contribution in [0.4, 0.5) is 0 Å². The van der Waals surface area contributed by atoms with Crippen molar-refractivity contribution in [2.45, 2.75) is 0 Å². The number of carbonyl (C=O) groups excluding carboxylic acids is 1. The van der Waals surface area contributed by atoms with Gasteiger partial charge in [0.05, 0.1) is 17.1 Å². The molecule has 1 N–H and O–H groups in total. The fourth-order valence-corrected chi connectivity index (χ4v) is 1.94. The molecule has 0 saturated heterocycles. The van der Waals surface area contributed by atoms with Gasteiger partial charge in [-0.2, -0.15) is 10.4 Å². The van der Waals surface area contributed by atoms with Gasteiger partial charge in [-0.05, 0) is 28.1 Å². The first kappa shape index (κ1) is 8.91. The largest absolute Gasteiger partial charge is 0.296 e. The Morgan fingerprint density at radius 3 is 3.00 bits per heavy atom. The van der Waals surface area contributed by atoms with Crippen molar-refractivity contribution in [1.29, 1.82) is 5.26 Å². The van der Waals surface area contributed by atoms with Gasteiger partial charge in [0.2, 0.25) is 0 Å². The predicted molar refractivity (Wildman–Crippen MR) is 53.9 cm³/mol. The first-order chi connectivity index (χ1) is 6.76. The Morgan fingerprint density at radius 1 is 1.57 bits per heavy atom. The molecule has 0 aliphatic rings. The Kier molecular flexibility index (Phi) is 2.06. The minimum absolute atomic E-state index is 0.413. The lowest BCUT2D eigenvalue weighted by atomic mass is 10.1. The van der Waals surface area contributed by atoms with Crippen LogP contribution in [0.5, 0.6) is 0 Å². The van der Waals surface area contributed by atoms with Crippen molar-refractivity contribution >= 4 is 33.1 Å². The Labute approximate surface area is 87.7 Å². The molecule has 0 radical (unpaired) electrons. The van der Waals surface area contributed by atoms with E-state index in [2.05, 4.69) is 26.1 Å². The van der Waals surface area contributed by atoms with Gasteiger partial charge in [-0.1, -0.05) is 0 Å². The number of hydrogen-bond acceptors (Lipinski definition) is 3. The Hall–Kier alpha value is -1.67. The molecule has 0 aliphatic carbocycles. The van der Waals surface area contributed by atoms with Crippen LogP contribution in [-0.2, 0) is 0 Å². The third-order valence-electron chi connectivity index (χ3n) is 1.88. The van der Waals surface area contributed by atoms with Gasteiger partial charge in [0, 0.05) is 9.86 Å². The molecule has 5 heteroatoms. The van der Waals surface area contributed by atoms with Crippen molar-refractivity contribution in [3.63, 3.8) is 0 Å². The zero-order valence-corrected chi connectivity index (χ0v) is 8.50. The number of hydrogen-bond donors (Lipinski definition) is 1. The minimum atomic E-state index is 0.413. The smallest absolute Gasteiger partial charge is 0.168 e. The van der Waals surface area contributed by atoms with Crippen LogP contribution in [0.2, 0.25) is 0 Å². The second-order valence-electron chi connectivity index (χ2n) is 2.72. The van der Waals surface area contributed by atoms with Crippen molar-refractivity contribution in [2.24, 2.45) is 0 Å². The summed E-state index contributed by atoms with van der Waals surface area (Å²) in [4.78, 5) is 10.6. The van der Waals surface area contributed by atoms with Crippen molar-refractivity contribution in [2.75, 3.05) is 0 Å². The monoisotopic (exact) mass is 249 g/mol. The molecule has 1 aromatic carbocycles. The first-order valence-electron chi connectivity index (χ1n) is 3.79. The Balaban J connectivity index is 2.87. The molecule has 0 aliphatic heterocycles. The summed E-state index contributed by atoms with van der Waals surface area (Å²) < 4.78 is 0.697. The molecule has 0 amide bonds. The molecule has 0 bridgehead atoms. The number of rotatable bonds is 1. The highest BCUT2D eigenvalue weighted by Crippen LogP contribution is 2.26. The number of carbonyl (C=O) groups is 1. The summed E-state index contributed by atoms with van der Waals surface area (Å²) in [6.45, 7) is 0. The van der Waals surface area contributed by atoms with E-state index in [0.29, 0.717) is 32.9 Å². The van der Waals surface area contributed by atoms with E-state index < -0.39 is 0 Å². The molecule has 0 fully saturated rings. The second-order valence-corrected chi connectivity index (χ2v) is 3.57. The van der Waals surface area contributed by atoms with Crippen LogP contribution in [-0.4, -0.2) is 16.5 Å². The molecule has 0 spiro atoms. The van der Waals surface area contributed by atoms with Crippen LogP contribution < -0.4 is 0 Å². The first-order valence-corrected chi connectivity index (χ1v) is 4.58. The number of nitriles is 1. The van der Waals surface area contributed by atoms with Gasteiger partial charge in [0.25, 0.3) is 0 Å². The third kappa shape index (κ3) is 1.20. The molecule has 2 rings (SSSR count). The lowest BCUT2D eigenvalue weighted by Gasteiger charge is -1.94. The van der Waals surface area contributed by atoms with Crippen LogP contribution in [0.15, 0.2) is 16.6 Å². The van der Waals surface area contributed by atoms with E-state index in [-0.39, 0.29) is 0 Å². The maximum Gasteiger partial charge on any atom is 0.168 e. The average molecular weight is 250 g/mol. The summed E-state index contributed by atoms with van der Waals surface area (Å²) in [5, 5.41) is 15.9. The lowest BCUT2D eigenvalue weighted by molar-refractivity contribution is 0.112. The summed E-state index contributed by atoms with van der Waals surface area (Å²) in [6.07, 6.45) is 0.701. The molecule has 68 valence electrons. The van der Waals surface area contributed by atoms with Crippen molar-refractivity contribution in [3.05, 3.63) is 27.9 Å². The van der Waals surface area contributed by atoms with Crippen LogP contribution in [0.25, 0.3) is 10.9 Å². The van der Waals surface area contributed by atoms with Crippen molar-refractivity contribution in [3.8, 4) is 6.07 Å². The average Bonchev–Trinajstić information content (AvgIpc) is 2.61. The number of benzene rings is 1.